The van der Waals surface area contributed by atoms with Crippen molar-refractivity contribution in [3.8, 4) is 5.75 Å². The number of piperidine rings is 1. The largest absolute Gasteiger partial charge is 0.496 e. The van der Waals surface area contributed by atoms with Gasteiger partial charge in [0.15, 0.2) is 0 Å². The van der Waals surface area contributed by atoms with Gasteiger partial charge in [-0.05, 0) is 106 Å². The first-order chi connectivity index (χ1) is 14.2. The molecule has 1 N–H and O–H groups in total. The van der Waals surface area contributed by atoms with E-state index in [1.165, 1.54) is 50.5 Å². The Morgan fingerprint density at radius 2 is 1.69 bits per heavy atom. The smallest absolute Gasteiger partial charge is 0.234 e. The predicted octanol–water partition coefficient (Wildman–Crippen LogP) is 3.89. The molecule has 29 heavy (non-hydrogen) atoms. The van der Waals surface area contributed by atoms with Gasteiger partial charge in [0.2, 0.25) is 5.91 Å². The summed E-state index contributed by atoms with van der Waals surface area (Å²) < 4.78 is 5.51. The Balaban J connectivity index is 1.08. The van der Waals surface area contributed by atoms with E-state index >= 15 is 0 Å². The summed E-state index contributed by atoms with van der Waals surface area (Å²) in [6.07, 6.45) is 10.4. The van der Waals surface area contributed by atoms with Gasteiger partial charge in [0.05, 0.1) is 13.7 Å². The van der Waals surface area contributed by atoms with Crippen molar-refractivity contribution in [3.05, 3.63) is 29.8 Å². The molecule has 4 heteroatoms. The van der Waals surface area contributed by atoms with Crippen LogP contribution in [0.2, 0.25) is 0 Å². The molecule has 0 aromatic heterocycles. The Morgan fingerprint density at radius 1 is 1.03 bits per heavy atom. The predicted molar refractivity (Wildman–Crippen MR) is 115 cm³/mol. The van der Waals surface area contributed by atoms with Crippen LogP contribution in [0.15, 0.2) is 24.3 Å². The van der Waals surface area contributed by atoms with Crippen LogP contribution in [0.3, 0.4) is 0 Å². The maximum atomic E-state index is 12.8. The lowest BCUT2D eigenvalue weighted by Crippen LogP contribution is -2.57. The van der Waals surface area contributed by atoms with Gasteiger partial charge < -0.3 is 10.1 Å². The number of carbonyl (C=O) groups is 1. The van der Waals surface area contributed by atoms with Gasteiger partial charge in [0.1, 0.15) is 5.75 Å². The monoisotopic (exact) mass is 396 g/mol. The molecule has 0 unspecified atom stereocenters. The molecule has 1 aromatic carbocycles. The summed E-state index contributed by atoms with van der Waals surface area (Å²) in [6, 6.07) is 8.84. The minimum atomic E-state index is 0.269. The van der Waals surface area contributed by atoms with Crippen LogP contribution in [0.5, 0.6) is 5.75 Å². The minimum Gasteiger partial charge on any atom is -0.496 e. The first-order valence-corrected chi connectivity index (χ1v) is 11.8. The average Bonchev–Trinajstić information content (AvgIpc) is 2.72. The number of para-hydroxylation sites is 1. The van der Waals surface area contributed by atoms with E-state index in [1.54, 1.807) is 7.11 Å². The van der Waals surface area contributed by atoms with Gasteiger partial charge in [-0.15, -0.1) is 0 Å². The first-order valence-electron chi connectivity index (χ1n) is 11.8. The molecule has 0 atom stereocenters. The second kappa shape index (κ2) is 8.29. The Morgan fingerprint density at radius 3 is 2.34 bits per heavy atom. The number of rotatable bonds is 6. The van der Waals surface area contributed by atoms with Crippen LogP contribution in [0.4, 0.5) is 0 Å². The summed E-state index contributed by atoms with van der Waals surface area (Å²) in [6.45, 7) is 2.66. The first kappa shape index (κ1) is 19.4. The summed E-state index contributed by atoms with van der Waals surface area (Å²) in [5, 5.41) is 3.48. The summed E-state index contributed by atoms with van der Waals surface area (Å²) in [5.41, 5.74) is 1.31. The molecule has 4 aliphatic carbocycles. The summed E-state index contributed by atoms with van der Waals surface area (Å²) in [4.78, 5) is 15.2. The van der Waals surface area contributed by atoms with Gasteiger partial charge in [0.25, 0.3) is 0 Å². The van der Waals surface area contributed by atoms with Crippen LogP contribution < -0.4 is 10.1 Å². The molecule has 5 aliphatic rings. The number of ether oxygens (including phenoxy) is 1. The third kappa shape index (κ3) is 4.19. The van der Waals surface area contributed by atoms with Crippen molar-refractivity contribution in [1.82, 2.24) is 10.2 Å². The number of nitrogens with one attached hydrogen (secondary N) is 1. The third-order valence-corrected chi connectivity index (χ3v) is 8.33. The van der Waals surface area contributed by atoms with Crippen molar-refractivity contribution in [2.24, 2.45) is 29.6 Å². The van der Waals surface area contributed by atoms with Crippen LogP contribution in [-0.4, -0.2) is 43.6 Å². The molecule has 1 heterocycles. The molecule has 158 valence electrons. The highest BCUT2D eigenvalue weighted by Gasteiger charge is 2.48. The van der Waals surface area contributed by atoms with E-state index in [0.717, 1.165) is 48.9 Å². The van der Waals surface area contributed by atoms with Crippen molar-refractivity contribution in [1.29, 1.82) is 0 Å². The number of amides is 1. The molecule has 6 rings (SSSR count). The number of carbonyl (C=O) groups excluding carboxylic acids is 1. The van der Waals surface area contributed by atoms with Crippen LogP contribution in [0, 0.1) is 29.6 Å². The lowest BCUT2D eigenvalue weighted by molar-refractivity contribution is -0.126. The summed E-state index contributed by atoms with van der Waals surface area (Å²) in [5.74, 6) is 5.43. The summed E-state index contributed by atoms with van der Waals surface area (Å²) >= 11 is 0. The Labute approximate surface area is 175 Å². The zero-order chi connectivity index (χ0) is 19.8. The third-order valence-electron chi connectivity index (χ3n) is 8.33. The molecule has 1 amide bonds. The highest BCUT2D eigenvalue weighted by molar-refractivity contribution is 5.78. The fraction of sp³-hybridized carbons (Fsp3) is 0.720. The number of hydrogen-bond donors (Lipinski definition) is 1. The van der Waals surface area contributed by atoms with Crippen molar-refractivity contribution in [3.63, 3.8) is 0 Å². The van der Waals surface area contributed by atoms with E-state index in [0.29, 0.717) is 18.5 Å². The van der Waals surface area contributed by atoms with E-state index < -0.39 is 0 Å². The molecule has 0 radical (unpaired) electrons. The Kier molecular flexibility index (Phi) is 5.55. The molecule has 1 aliphatic heterocycles. The Hall–Kier alpha value is -1.55. The number of likely N-dealkylation sites (tertiary alicyclic amines) is 1. The molecule has 1 saturated heterocycles. The maximum Gasteiger partial charge on any atom is 0.234 e. The van der Waals surface area contributed by atoms with E-state index in [-0.39, 0.29) is 5.91 Å². The molecule has 1 aromatic rings. The van der Waals surface area contributed by atoms with Gasteiger partial charge in [-0.1, -0.05) is 18.2 Å². The van der Waals surface area contributed by atoms with Crippen LogP contribution in [0.1, 0.15) is 50.5 Å². The lowest BCUT2D eigenvalue weighted by Gasteiger charge is -2.54. The lowest BCUT2D eigenvalue weighted by atomic mass is 9.54. The molecule has 5 fully saturated rings. The second-order valence-corrected chi connectivity index (χ2v) is 10.3. The van der Waals surface area contributed by atoms with Crippen molar-refractivity contribution in [2.75, 3.05) is 26.7 Å². The topological polar surface area (TPSA) is 41.6 Å². The normalized spacial score (nSPS) is 34.3. The second-order valence-electron chi connectivity index (χ2n) is 10.3. The zero-order valence-corrected chi connectivity index (χ0v) is 17.8. The number of benzene rings is 1. The highest BCUT2D eigenvalue weighted by atomic mass is 16.5. The van der Waals surface area contributed by atoms with Crippen LogP contribution in [0.25, 0.3) is 0 Å². The van der Waals surface area contributed by atoms with E-state index in [4.69, 9.17) is 4.74 Å². The average molecular weight is 397 g/mol. The number of methoxy groups -OCH3 is 1. The molecule has 4 saturated carbocycles. The van der Waals surface area contributed by atoms with Crippen molar-refractivity contribution >= 4 is 5.91 Å². The fourth-order valence-electron chi connectivity index (χ4n) is 7.13. The summed E-state index contributed by atoms with van der Waals surface area (Å²) in [7, 11) is 1.75. The molecular weight excluding hydrogens is 360 g/mol. The van der Waals surface area contributed by atoms with E-state index in [2.05, 4.69) is 28.4 Å². The minimum absolute atomic E-state index is 0.269. The van der Waals surface area contributed by atoms with Crippen molar-refractivity contribution in [2.45, 2.75) is 57.4 Å². The fourth-order valence-corrected chi connectivity index (χ4v) is 7.13. The maximum absolute atomic E-state index is 12.8. The zero-order valence-electron chi connectivity index (χ0n) is 17.8. The highest BCUT2D eigenvalue weighted by Crippen LogP contribution is 2.53. The van der Waals surface area contributed by atoms with E-state index in [9.17, 15) is 4.79 Å². The van der Waals surface area contributed by atoms with E-state index in [1.807, 2.05) is 6.07 Å². The quantitative estimate of drug-likeness (QED) is 0.793. The SMILES string of the molecule is COc1ccccc1CC1CCN(CC(=O)NC2C3CC4CC(C3)CC2C4)CC1. The number of nitrogens with zero attached hydrogens (tertiary/aromatic N) is 1. The van der Waals surface area contributed by atoms with Crippen LogP contribution >= 0.6 is 0 Å². The molecular formula is C25H36N2O2. The van der Waals surface area contributed by atoms with Crippen molar-refractivity contribution < 1.29 is 9.53 Å². The van der Waals surface area contributed by atoms with Gasteiger partial charge in [-0.3, -0.25) is 9.69 Å². The molecule has 0 spiro atoms. The number of hydrogen-bond acceptors (Lipinski definition) is 3. The van der Waals surface area contributed by atoms with Gasteiger partial charge in [-0.25, -0.2) is 0 Å². The van der Waals surface area contributed by atoms with Gasteiger partial charge in [-0.2, -0.15) is 0 Å². The van der Waals surface area contributed by atoms with Gasteiger partial charge in [0, 0.05) is 6.04 Å². The van der Waals surface area contributed by atoms with Gasteiger partial charge >= 0.3 is 0 Å². The molecule has 4 bridgehead atoms. The standard InChI is InChI=1S/C25H36N2O2/c1-29-23-5-3-2-4-20(23)11-17-6-8-27(9-7-17)16-24(28)26-25-21-12-18-10-19(14-21)15-22(25)13-18/h2-5,17-19,21-22,25H,6-16H2,1H3,(H,26,28). The Bertz CT molecular complexity index is 697. The van der Waals surface area contributed by atoms with Crippen LogP contribution in [-0.2, 0) is 11.2 Å². The molecule has 4 nitrogen and oxygen atoms in total.